The molecule has 1 heterocycles. The summed E-state index contributed by atoms with van der Waals surface area (Å²) in [5, 5.41) is 4.51. The molecule has 0 bridgehead atoms. The van der Waals surface area contributed by atoms with Gasteiger partial charge in [0.2, 0.25) is 0 Å². The van der Waals surface area contributed by atoms with Crippen LogP contribution in [0, 0.1) is 0 Å². The van der Waals surface area contributed by atoms with E-state index in [1.54, 1.807) is 12.1 Å². The number of hydrogen-bond acceptors (Lipinski definition) is 3. The Morgan fingerprint density at radius 2 is 1.60 bits per heavy atom. The maximum atomic E-state index is 11.8. The molecule has 1 aromatic heterocycles. The monoisotopic (exact) mass is 375 g/mol. The molecule has 3 aromatic rings. The summed E-state index contributed by atoms with van der Waals surface area (Å²) in [5.74, 6) is 0.380. The molecular formula is C18H15Cl2N3O2. The maximum Gasteiger partial charge on any atom is 0.349 e. The van der Waals surface area contributed by atoms with E-state index in [1.807, 2.05) is 43.3 Å². The molecule has 0 spiro atoms. The zero-order valence-corrected chi connectivity index (χ0v) is 14.9. The number of halogens is 2. The van der Waals surface area contributed by atoms with E-state index < -0.39 is 16.7 Å². The smallest absolute Gasteiger partial charge is 0.271 e. The summed E-state index contributed by atoms with van der Waals surface area (Å²) >= 11 is 12.2. The van der Waals surface area contributed by atoms with E-state index in [2.05, 4.69) is 10.1 Å². The summed E-state index contributed by atoms with van der Waals surface area (Å²) < 4.78 is 1.13. The number of nitrogens with one attached hydrogen (secondary N) is 1. The first-order valence-electron chi connectivity index (χ1n) is 7.55. The summed E-state index contributed by atoms with van der Waals surface area (Å²) in [6, 6.07) is 14.9. The van der Waals surface area contributed by atoms with Gasteiger partial charge in [0.1, 0.15) is 6.20 Å². The van der Waals surface area contributed by atoms with Crippen LogP contribution in [0.5, 0.6) is 0 Å². The second kappa shape index (κ2) is 6.86. The Labute approximate surface area is 153 Å². The van der Waals surface area contributed by atoms with Crippen molar-refractivity contribution >= 4 is 23.2 Å². The highest BCUT2D eigenvalue weighted by Crippen LogP contribution is 2.34. The molecule has 25 heavy (non-hydrogen) atoms. The number of nitrogens with zero attached hydrogens (tertiary/aromatic N) is 2. The van der Waals surface area contributed by atoms with Crippen molar-refractivity contribution in [3.8, 4) is 5.69 Å². The Balaban J connectivity index is 2.01. The molecule has 0 radical (unpaired) electrons. The molecule has 0 saturated heterocycles. The van der Waals surface area contributed by atoms with E-state index in [4.69, 9.17) is 23.2 Å². The van der Waals surface area contributed by atoms with Crippen molar-refractivity contribution in [3.63, 3.8) is 0 Å². The number of hydrogen-bond donors (Lipinski definition) is 1. The molecule has 0 aliphatic carbocycles. The van der Waals surface area contributed by atoms with Gasteiger partial charge in [-0.15, -0.1) is 11.6 Å². The normalized spacial score (nSPS) is 13.4. The lowest BCUT2D eigenvalue weighted by Crippen LogP contribution is -2.30. The van der Waals surface area contributed by atoms with E-state index in [0.717, 1.165) is 22.0 Å². The molecule has 1 N–H and O–H groups in total. The fourth-order valence-electron chi connectivity index (χ4n) is 2.65. The summed E-state index contributed by atoms with van der Waals surface area (Å²) in [4.78, 5) is 25.1. The second-order valence-corrected chi connectivity index (χ2v) is 6.57. The van der Waals surface area contributed by atoms with E-state index in [0.29, 0.717) is 16.6 Å². The zero-order valence-electron chi connectivity index (χ0n) is 13.4. The van der Waals surface area contributed by atoms with Crippen LogP contribution in [0.1, 0.15) is 18.1 Å². The molecular weight excluding hydrogens is 361 g/mol. The standard InChI is InChI=1S/C18H15Cl2N3O2/c1-18(11-19,12-2-6-14(20)7-3-12)13-4-8-15(9-5-13)23-17(25)22-16(24)10-21-23/h2-10H,11H2,1H3,(H,22,24,25). The minimum absolute atomic E-state index is 0.380. The number of aromatic amines is 1. The van der Waals surface area contributed by atoms with Crippen LogP contribution in [0.15, 0.2) is 64.3 Å². The number of benzene rings is 2. The highest BCUT2D eigenvalue weighted by molar-refractivity contribution is 6.30. The van der Waals surface area contributed by atoms with E-state index in [-0.39, 0.29) is 0 Å². The molecule has 0 aliphatic heterocycles. The van der Waals surface area contributed by atoms with Gasteiger partial charge in [0.15, 0.2) is 0 Å². The van der Waals surface area contributed by atoms with Crippen LogP contribution < -0.4 is 11.2 Å². The highest BCUT2D eigenvalue weighted by atomic mass is 35.5. The van der Waals surface area contributed by atoms with E-state index in [1.165, 1.54) is 0 Å². The Morgan fingerprint density at radius 1 is 1.04 bits per heavy atom. The third-order valence-corrected chi connectivity index (χ3v) is 5.00. The Hall–Kier alpha value is -2.37. The molecule has 128 valence electrons. The van der Waals surface area contributed by atoms with Gasteiger partial charge >= 0.3 is 5.69 Å². The minimum Gasteiger partial charge on any atom is -0.271 e. The molecule has 3 rings (SSSR count). The van der Waals surface area contributed by atoms with E-state index >= 15 is 0 Å². The van der Waals surface area contributed by atoms with Gasteiger partial charge in [-0.3, -0.25) is 9.78 Å². The van der Waals surface area contributed by atoms with Gasteiger partial charge in [0.25, 0.3) is 5.56 Å². The Kier molecular flexibility index (Phi) is 4.79. The lowest BCUT2D eigenvalue weighted by atomic mass is 9.78. The van der Waals surface area contributed by atoms with Gasteiger partial charge in [-0.1, -0.05) is 42.8 Å². The second-order valence-electron chi connectivity index (χ2n) is 5.87. The predicted molar refractivity (Wildman–Crippen MR) is 99.1 cm³/mol. The number of H-pyrrole nitrogens is 1. The van der Waals surface area contributed by atoms with Crippen molar-refractivity contribution in [2.75, 3.05) is 5.88 Å². The van der Waals surface area contributed by atoms with Crippen LogP contribution in [-0.4, -0.2) is 20.6 Å². The molecule has 1 atom stereocenters. The molecule has 7 heteroatoms. The number of rotatable bonds is 4. The Bertz CT molecular complexity index is 994. The third kappa shape index (κ3) is 3.38. The molecule has 2 aromatic carbocycles. The van der Waals surface area contributed by atoms with Crippen molar-refractivity contribution in [3.05, 3.63) is 91.7 Å². The number of aromatic nitrogens is 3. The highest BCUT2D eigenvalue weighted by Gasteiger charge is 2.28. The number of alkyl halides is 1. The van der Waals surface area contributed by atoms with Crippen molar-refractivity contribution < 1.29 is 0 Å². The molecule has 0 saturated carbocycles. The Morgan fingerprint density at radius 3 is 2.12 bits per heavy atom. The van der Waals surface area contributed by atoms with Crippen LogP contribution in [0.25, 0.3) is 5.69 Å². The first kappa shape index (κ1) is 17.5. The maximum absolute atomic E-state index is 11.8. The summed E-state index contributed by atoms with van der Waals surface area (Å²) in [6.07, 6.45) is 1.06. The van der Waals surface area contributed by atoms with Gasteiger partial charge < -0.3 is 0 Å². The first-order valence-corrected chi connectivity index (χ1v) is 8.47. The van der Waals surface area contributed by atoms with Gasteiger partial charge in [0, 0.05) is 16.3 Å². The SMILES string of the molecule is CC(CCl)(c1ccc(Cl)cc1)c1ccc(-n2ncc(=O)[nH]c2=O)cc1. The van der Waals surface area contributed by atoms with Crippen LogP contribution in [0.2, 0.25) is 5.02 Å². The van der Waals surface area contributed by atoms with Gasteiger partial charge in [-0.2, -0.15) is 9.78 Å². The van der Waals surface area contributed by atoms with Crippen LogP contribution in [0.3, 0.4) is 0 Å². The average Bonchev–Trinajstić information content (AvgIpc) is 2.62. The average molecular weight is 376 g/mol. The summed E-state index contributed by atoms with van der Waals surface area (Å²) in [5.41, 5.74) is 1.06. The summed E-state index contributed by atoms with van der Waals surface area (Å²) in [7, 11) is 0. The zero-order chi connectivity index (χ0) is 18.0. The van der Waals surface area contributed by atoms with Gasteiger partial charge in [0.05, 0.1) is 5.69 Å². The molecule has 0 fully saturated rings. The molecule has 5 nitrogen and oxygen atoms in total. The van der Waals surface area contributed by atoms with Crippen molar-refractivity contribution in [2.45, 2.75) is 12.3 Å². The van der Waals surface area contributed by atoms with Gasteiger partial charge in [-0.25, -0.2) is 4.79 Å². The fraction of sp³-hybridized carbons (Fsp3) is 0.167. The minimum atomic E-state index is -0.585. The largest absolute Gasteiger partial charge is 0.349 e. The predicted octanol–water partition coefficient (Wildman–Crippen LogP) is 3.12. The topological polar surface area (TPSA) is 67.8 Å². The van der Waals surface area contributed by atoms with Crippen molar-refractivity contribution in [1.29, 1.82) is 0 Å². The van der Waals surface area contributed by atoms with Crippen LogP contribution in [0.4, 0.5) is 0 Å². The van der Waals surface area contributed by atoms with E-state index in [9.17, 15) is 9.59 Å². The molecule has 1 unspecified atom stereocenters. The van der Waals surface area contributed by atoms with Crippen molar-refractivity contribution in [1.82, 2.24) is 14.8 Å². The van der Waals surface area contributed by atoms with Crippen molar-refractivity contribution in [2.24, 2.45) is 0 Å². The lowest BCUT2D eigenvalue weighted by molar-refractivity contribution is 0.648. The van der Waals surface area contributed by atoms with Gasteiger partial charge in [-0.05, 0) is 35.4 Å². The quantitative estimate of drug-likeness (QED) is 0.712. The van der Waals surface area contributed by atoms with Crippen LogP contribution in [-0.2, 0) is 5.41 Å². The first-order chi connectivity index (χ1) is 11.9. The molecule has 0 aliphatic rings. The van der Waals surface area contributed by atoms with Crippen LogP contribution >= 0.6 is 23.2 Å². The lowest BCUT2D eigenvalue weighted by Gasteiger charge is -2.29. The fourth-order valence-corrected chi connectivity index (χ4v) is 3.08. The molecule has 0 amide bonds. The summed E-state index contributed by atoms with van der Waals surface area (Å²) in [6.45, 7) is 2.04. The third-order valence-electron chi connectivity index (χ3n) is 4.21.